The summed E-state index contributed by atoms with van der Waals surface area (Å²) in [6.07, 6.45) is -1.00. The Labute approximate surface area is 172 Å². The van der Waals surface area contributed by atoms with Crippen LogP contribution in [0.3, 0.4) is 0 Å². The van der Waals surface area contributed by atoms with Gasteiger partial charge in [-0.1, -0.05) is 17.7 Å². The Bertz CT molecular complexity index is 1040. The van der Waals surface area contributed by atoms with Gasteiger partial charge in [0, 0.05) is 17.0 Å². The van der Waals surface area contributed by atoms with Crippen molar-refractivity contribution in [1.82, 2.24) is 5.32 Å². The van der Waals surface area contributed by atoms with Gasteiger partial charge in [-0.3, -0.25) is 4.79 Å². The summed E-state index contributed by atoms with van der Waals surface area (Å²) >= 11 is 5.93. The Balaban J connectivity index is 1.59. The van der Waals surface area contributed by atoms with E-state index in [0.29, 0.717) is 27.5 Å². The zero-order valence-corrected chi connectivity index (χ0v) is 16.9. The maximum atomic E-state index is 12.3. The van der Waals surface area contributed by atoms with Crippen LogP contribution in [0.2, 0.25) is 5.02 Å². The van der Waals surface area contributed by atoms with Crippen LogP contribution in [0.15, 0.2) is 46.9 Å². The summed E-state index contributed by atoms with van der Waals surface area (Å²) < 4.78 is 21.1. The van der Waals surface area contributed by atoms with E-state index in [2.05, 4.69) is 5.32 Å². The molecule has 1 amide bonds. The molecule has 0 spiro atoms. The highest BCUT2D eigenvalue weighted by molar-refractivity contribution is 6.31. The van der Waals surface area contributed by atoms with Crippen molar-refractivity contribution in [2.45, 2.75) is 19.6 Å². The Hall–Kier alpha value is -3.19. The Morgan fingerprint density at radius 2 is 1.83 bits per heavy atom. The number of rotatable bonds is 7. The molecular formula is C21H20ClNO6. The molecule has 7 nitrogen and oxygen atoms in total. The molecule has 1 aromatic heterocycles. The minimum Gasteiger partial charge on any atom is -0.493 e. The van der Waals surface area contributed by atoms with Gasteiger partial charge in [0.1, 0.15) is 5.58 Å². The van der Waals surface area contributed by atoms with Crippen LogP contribution in [0.1, 0.15) is 23.0 Å². The first-order valence-corrected chi connectivity index (χ1v) is 9.17. The Kier molecular flexibility index (Phi) is 6.29. The molecule has 8 heteroatoms. The number of fused-ring (bicyclic) bond motifs is 1. The summed E-state index contributed by atoms with van der Waals surface area (Å²) in [4.78, 5) is 24.6. The first-order valence-electron chi connectivity index (χ1n) is 8.80. The van der Waals surface area contributed by atoms with Crippen molar-refractivity contribution in [2.24, 2.45) is 0 Å². The second-order valence-electron chi connectivity index (χ2n) is 6.25. The van der Waals surface area contributed by atoms with Gasteiger partial charge >= 0.3 is 5.97 Å². The van der Waals surface area contributed by atoms with Gasteiger partial charge in [0.2, 0.25) is 5.76 Å². The van der Waals surface area contributed by atoms with Crippen molar-refractivity contribution >= 4 is 34.4 Å². The molecule has 3 aromatic rings. The third kappa shape index (κ3) is 4.81. The molecule has 152 valence electrons. The SMILES string of the molecule is COc1ccc(CNC(=O)[C@H](C)OC(=O)c2cc3cc(Cl)ccc3o2)cc1OC. The van der Waals surface area contributed by atoms with E-state index in [0.717, 1.165) is 5.56 Å². The van der Waals surface area contributed by atoms with Crippen LogP contribution in [0.25, 0.3) is 11.0 Å². The molecule has 0 saturated heterocycles. The molecule has 0 aliphatic heterocycles. The van der Waals surface area contributed by atoms with Crippen molar-refractivity contribution in [3.63, 3.8) is 0 Å². The topological polar surface area (TPSA) is 87.0 Å². The maximum absolute atomic E-state index is 12.3. The number of ether oxygens (including phenoxy) is 3. The molecule has 0 saturated carbocycles. The lowest BCUT2D eigenvalue weighted by molar-refractivity contribution is -0.129. The molecule has 1 heterocycles. The molecule has 1 atom stereocenters. The lowest BCUT2D eigenvalue weighted by atomic mass is 10.2. The molecule has 3 rings (SSSR count). The minimum absolute atomic E-state index is 0.00167. The van der Waals surface area contributed by atoms with Crippen LogP contribution in [0, 0.1) is 0 Å². The molecule has 0 fully saturated rings. The highest BCUT2D eigenvalue weighted by Gasteiger charge is 2.21. The number of nitrogens with one attached hydrogen (secondary N) is 1. The predicted molar refractivity (Wildman–Crippen MR) is 107 cm³/mol. The molecule has 29 heavy (non-hydrogen) atoms. The van der Waals surface area contributed by atoms with Crippen LogP contribution in [-0.2, 0) is 16.1 Å². The van der Waals surface area contributed by atoms with E-state index in [4.69, 9.17) is 30.2 Å². The van der Waals surface area contributed by atoms with Gasteiger partial charge in [0.05, 0.1) is 14.2 Å². The van der Waals surface area contributed by atoms with Crippen molar-refractivity contribution in [2.75, 3.05) is 14.2 Å². The number of amides is 1. The fourth-order valence-electron chi connectivity index (χ4n) is 2.71. The summed E-state index contributed by atoms with van der Waals surface area (Å²) in [6.45, 7) is 1.73. The van der Waals surface area contributed by atoms with Crippen molar-refractivity contribution in [1.29, 1.82) is 0 Å². The smallest absolute Gasteiger partial charge is 0.375 e. The molecule has 0 aliphatic rings. The van der Waals surface area contributed by atoms with Gasteiger partial charge in [-0.2, -0.15) is 0 Å². The normalized spacial score (nSPS) is 11.7. The summed E-state index contributed by atoms with van der Waals surface area (Å²) in [6, 6.07) is 11.8. The first-order chi connectivity index (χ1) is 13.9. The maximum Gasteiger partial charge on any atom is 0.375 e. The van der Waals surface area contributed by atoms with Gasteiger partial charge in [-0.25, -0.2) is 4.79 Å². The third-order valence-corrected chi connectivity index (χ3v) is 4.48. The number of esters is 1. The molecule has 0 radical (unpaired) electrons. The zero-order chi connectivity index (χ0) is 21.0. The van der Waals surface area contributed by atoms with Gasteiger partial charge in [-0.05, 0) is 48.9 Å². The number of carbonyl (C=O) groups excluding carboxylic acids is 2. The Morgan fingerprint density at radius 3 is 2.55 bits per heavy atom. The van der Waals surface area contributed by atoms with E-state index in [1.165, 1.54) is 20.1 Å². The van der Waals surface area contributed by atoms with Gasteiger partial charge in [-0.15, -0.1) is 0 Å². The average molecular weight is 418 g/mol. The van der Waals surface area contributed by atoms with Crippen molar-refractivity contribution in [3.8, 4) is 11.5 Å². The largest absolute Gasteiger partial charge is 0.493 e. The fraction of sp³-hybridized carbons (Fsp3) is 0.238. The van der Waals surface area contributed by atoms with Crippen LogP contribution in [0.4, 0.5) is 0 Å². The van der Waals surface area contributed by atoms with E-state index in [9.17, 15) is 9.59 Å². The fourth-order valence-corrected chi connectivity index (χ4v) is 2.89. The van der Waals surface area contributed by atoms with Crippen LogP contribution in [-0.4, -0.2) is 32.2 Å². The predicted octanol–water partition coefficient (Wildman–Crippen LogP) is 3.97. The quantitative estimate of drug-likeness (QED) is 0.585. The molecule has 2 aromatic carbocycles. The second kappa shape index (κ2) is 8.87. The van der Waals surface area contributed by atoms with Crippen LogP contribution in [0.5, 0.6) is 11.5 Å². The van der Waals surface area contributed by atoms with Crippen LogP contribution >= 0.6 is 11.6 Å². The number of hydrogen-bond acceptors (Lipinski definition) is 6. The first kappa shape index (κ1) is 20.5. The Morgan fingerprint density at radius 1 is 1.07 bits per heavy atom. The summed E-state index contributed by atoms with van der Waals surface area (Å²) in [5.41, 5.74) is 1.32. The number of furan rings is 1. The average Bonchev–Trinajstić information content (AvgIpc) is 3.14. The second-order valence-corrected chi connectivity index (χ2v) is 6.68. The number of hydrogen-bond donors (Lipinski definition) is 1. The molecule has 1 N–H and O–H groups in total. The van der Waals surface area contributed by atoms with E-state index >= 15 is 0 Å². The van der Waals surface area contributed by atoms with Gasteiger partial charge in [0.15, 0.2) is 17.6 Å². The van der Waals surface area contributed by atoms with E-state index in [1.54, 1.807) is 43.5 Å². The van der Waals surface area contributed by atoms with E-state index < -0.39 is 18.0 Å². The van der Waals surface area contributed by atoms with Gasteiger partial charge in [0.25, 0.3) is 5.91 Å². The molecule has 0 unspecified atom stereocenters. The monoisotopic (exact) mass is 417 g/mol. The highest BCUT2D eigenvalue weighted by atomic mass is 35.5. The van der Waals surface area contributed by atoms with Crippen molar-refractivity contribution in [3.05, 3.63) is 58.8 Å². The number of benzene rings is 2. The van der Waals surface area contributed by atoms with E-state index in [1.807, 2.05) is 0 Å². The lowest BCUT2D eigenvalue weighted by Crippen LogP contribution is -2.35. The standard InChI is InChI=1S/C21H20ClNO6/c1-12(20(24)23-11-13-4-6-17(26-2)18(8-13)27-3)28-21(25)19-10-14-9-15(22)5-7-16(14)29-19/h4-10,12H,11H2,1-3H3,(H,23,24)/t12-/m0/s1. The summed E-state index contributed by atoms with van der Waals surface area (Å²) in [5, 5.41) is 3.92. The summed E-state index contributed by atoms with van der Waals surface area (Å²) in [7, 11) is 3.08. The minimum atomic E-state index is -1.00. The molecule has 0 bridgehead atoms. The number of carbonyl (C=O) groups is 2. The number of methoxy groups -OCH3 is 2. The molecular weight excluding hydrogens is 398 g/mol. The zero-order valence-electron chi connectivity index (χ0n) is 16.2. The van der Waals surface area contributed by atoms with Crippen molar-refractivity contribution < 1.29 is 28.2 Å². The van der Waals surface area contributed by atoms with E-state index in [-0.39, 0.29) is 12.3 Å². The third-order valence-electron chi connectivity index (χ3n) is 4.25. The summed E-state index contributed by atoms with van der Waals surface area (Å²) in [5.74, 6) is -0.0131. The van der Waals surface area contributed by atoms with Crippen LogP contribution < -0.4 is 14.8 Å². The lowest BCUT2D eigenvalue weighted by Gasteiger charge is -2.14. The number of halogens is 1. The highest BCUT2D eigenvalue weighted by Crippen LogP contribution is 2.27. The molecule has 0 aliphatic carbocycles. The van der Waals surface area contributed by atoms with Gasteiger partial charge < -0.3 is 23.9 Å².